The lowest BCUT2D eigenvalue weighted by molar-refractivity contribution is -0.261. The molecule has 4 rings (SSSR count). The highest BCUT2D eigenvalue weighted by Crippen LogP contribution is 2.48. The zero-order valence-corrected chi connectivity index (χ0v) is 32.8. The van der Waals surface area contributed by atoms with Gasteiger partial charge in [-0.15, -0.1) is 0 Å². The molecule has 2 amide bonds. The molecule has 2 aromatic rings. The molecule has 2 aromatic carbocycles. The molecular weight excluding hydrogens is 633 g/mol. The normalized spacial score (nSPS) is 24.8. The summed E-state index contributed by atoms with van der Waals surface area (Å²) in [5.74, 6) is -0.995. The van der Waals surface area contributed by atoms with Gasteiger partial charge in [0.25, 0.3) is 0 Å². The van der Waals surface area contributed by atoms with Crippen LogP contribution in [-0.4, -0.2) is 68.9 Å². The van der Waals surface area contributed by atoms with Gasteiger partial charge in [-0.05, 0) is 42.1 Å². The molecule has 2 aliphatic rings. The summed E-state index contributed by atoms with van der Waals surface area (Å²) >= 11 is 0. The fourth-order valence-electron chi connectivity index (χ4n) is 6.74. The van der Waals surface area contributed by atoms with Crippen LogP contribution in [0.15, 0.2) is 60.7 Å². The van der Waals surface area contributed by atoms with E-state index in [1.807, 2.05) is 90.1 Å². The van der Waals surface area contributed by atoms with Crippen LogP contribution in [0.5, 0.6) is 0 Å². The molecule has 0 spiro atoms. The van der Waals surface area contributed by atoms with Crippen molar-refractivity contribution in [1.82, 2.24) is 9.80 Å². The highest BCUT2D eigenvalue weighted by atomic mass is 28.4. The number of rotatable bonds is 9. The first-order chi connectivity index (χ1) is 22.7. The molecule has 49 heavy (non-hydrogen) atoms. The molecule has 0 bridgehead atoms. The van der Waals surface area contributed by atoms with E-state index in [2.05, 4.69) is 46.0 Å². The van der Waals surface area contributed by atoms with Crippen LogP contribution in [0.2, 0.25) is 18.1 Å². The summed E-state index contributed by atoms with van der Waals surface area (Å²) in [6.07, 6.45) is 1.46. The molecule has 9 heteroatoms. The maximum absolute atomic E-state index is 14.2. The molecule has 270 valence electrons. The summed E-state index contributed by atoms with van der Waals surface area (Å²) in [6.45, 7) is 23.9. The average Bonchev–Trinajstić information content (AvgIpc) is 3.04. The number of hydrogen-bond acceptors (Lipinski definition) is 6. The number of amides is 2. The van der Waals surface area contributed by atoms with Gasteiger partial charge in [-0.3, -0.25) is 9.59 Å². The van der Waals surface area contributed by atoms with Crippen LogP contribution in [0.3, 0.4) is 0 Å². The van der Waals surface area contributed by atoms with E-state index < -0.39 is 42.5 Å². The second-order valence-corrected chi connectivity index (χ2v) is 22.3. The van der Waals surface area contributed by atoms with Crippen molar-refractivity contribution in [2.45, 2.75) is 117 Å². The van der Waals surface area contributed by atoms with Gasteiger partial charge in [0.05, 0.1) is 11.5 Å². The summed E-state index contributed by atoms with van der Waals surface area (Å²) in [5, 5.41) is 0.0457. The number of hydrogen-bond donors (Lipinski definition) is 0. The van der Waals surface area contributed by atoms with Crippen molar-refractivity contribution in [3.63, 3.8) is 0 Å². The molecule has 2 heterocycles. The van der Waals surface area contributed by atoms with Crippen molar-refractivity contribution in [2.75, 3.05) is 26.4 Å². The van der Waals surface area contributed by atoms with E-state index in [-0.39, 0.29) is 23.6 Å². The van der Waals surface area contributed by atoms with E-state index in [1.165, 1.54) is 0 Å². The summed E-state index contributed by atoms with van der Waals surface area (Å²) in [6, 6.07) is 19.9. The van der Waals surface area contributed by atoms with Gasteiger partial charge in [-0.25, -0.2) is 0 Å². The zero-order chi connectivity index (χ0) is 36.5. The monoisotopic (exact) mass is 692 g/mol. The summed E-state index contributed by atoms with van der Waals surface area (Å²) in [5.41, 5.74) is -1.44. The molecule has 0 N–H and O–H groups in total. The predicted molar refractivity (Wildman–Crippen MR) is 196 cm³/mol. The van der Waals surface area contributed by atoms with Crippen LogP contribution < -0.4 is 0 Å². The largest absolute Gasteiger partial charge is 0.417 e. The third-order valence-corrected chi connectivity index (χ3v) is 15.3. The topological polar surface area (TPSA) is 85.4 Å². The molecule has 2 fully saturated rings. The zero-order valence-electron chi connectivity index (χ0n) is 31.8. The standard InChI is InChI=1S/C40H60N2O6Si/c1-36(2,3)34(44)41-25-23-40(46-29-41,31-20-16-13-17-21-31)32(28-43)33-42(35(45)37(4,5)6)26-22-39(48-33,30-18-14-12-15-19-30)24-27-47-49(10,11)38(7,8)9/h12-21,28,32-33H,22-27,29H2,1-11H3. The first-order valence-corrected chi connectivity index (χ1v) is 20.7. The van der Waals surface area contributed by atoms with Gasteiger partial charge in [0.15, 0.2) is 8.32 Å². The van der Waals surface area contributed by atoms with E-state index in [1.54, 1.807) is 9.80 Å². The first kappa shape index (κ1) is 38.9. The minimum absolute atomic E-state index is 0.0138. The fourth-order valence-corrected chi connectivity index (χ4v) is 7.79. The molecule has 0 radical (unpaired) electrons. The average molecular weight is 693 g/mol. The van der Waals surface area contributed by atoms with E-state index in [0.29, 0.717) is 39.0 Å². The Morgan fingerprint density at radius 1 is 0.857 bits per heavy atom. The highest BCUT2D eigenvalue weighted by molar-refractivity contribution is 6.74. The van der Waals surface area contributed by atoms with Crippen molar-refractivity contribution < 1.29 is 28.3 Å². The molecule has 0 saturated carbocycles. The molecule has 4 unspecified atom stereocenters. The van der Waals surface area contributed by atoms with Crippen LogP contribution in [0.4, 0.5) is 0 Å². The Hall–Kier alpha value is -2.85. The van der Waals surface area contributed by atoms with Crippen LogP contribution in [0.1, 0.15) is 92.7 Å². The molecule has 0 aliphatic carbocycles. The number of carbonyl (C=O) groups is 3. The second kappa shape index (κ2) is 14.4. The number of nitrogens with zero attached hydrogens (tertiary/aromatic N) is 2. The molecule has 2 saturated heterocycles. The van der Waals surface area contributed by atoms with E-state index >= 15 is 0 Å². The number of ether oxygens (including phenoxy) is 2. The van der Waals surface area contributed by atoms with E-state index in [9.17, 15) is 14.4 Å². The van der Waals surface area contributed by atoms with Crippen molar-refractivity contribution in [3.8, 4) is 0 Å². The highest BCUT2D eigenvalue weighted by Gasteiger charge is 2.56. The van der Waals surface area contributed by atoms with Gasteiger partial charge in [-0.1, -0.05) is 123 Å². The SMILES string of the molecule is CC(C)(C)C(=O)N1CCC(c2ccccc2)(C(C=O)C2OC(CCO[Si](C)(C)C(C)(C)C)(c3ccccc3)CCN2C(=O)C(C)(C)C)OC1. The molecular formula is C40H60N2O6Si. The summed E-state index contributed by atoms with van der Waals surface area (Å²) in [4.78, 5) is 44.7. The quantitative estimate of drug-likeness (QED) is 0.196. The summed E-state index contributed by atoms with van der Waals surface area (Å²) < 4.78 is 20.8. The Kier molecular flexibility index (Phi) is 11.5. The third kappa shape index (κ3) is 8.22. The molecule has 0 aromatic heterocycles. The second-order valence-electron chi connectivity index (χ2n) is 17.5. The Morgan fingerprint density at radius 2 is 1.41 bits per heavy atom. The lowest BCUT2D eigenvalue weighted by Crippen LogP contribution is -2.64. The van der Waals surface area contributed by atoms with Gasteiger partial charge >= 0.3 is 0 Å². The van der Waals surface area contributed by atoms with Crippen LogP contribution in [-0.2, 0) is 39.5 Å². The maximum atomic E-state index is 14.2. The lowest BCUT2D eigenvalue weighted by atomic mass is 9.75. The summed E-state index contributed by atoms with van der Waals surface area (Å²) in [7, 11) is -2.07. The Labute approximate surface area is 296 Å². The first-order valence-electron chi connectivity index (χ1n) is 17.8. The molecule has 8 nitrogen and oxygen atoms in total. The minimum atomic E-state index is -2.07. The van der Waals surface area contributed by atoms with Gasteiger partial charge in [-0.2, -0.15) is 0 Å². The molecule has 2 aliphatic heterocycles. The molecule has 4 atom stereocenters. The van der Waals surface area contributed by atoms with Crippen molar-refractivity contribution in [1.29, 1.82) is 0 Å². The number of carbonyl (C=O) groups excluding carboxylic acids is 3. The van der Waals surface area contributed by atoms with Crippen molar-refractivity contribution in [3.05, 3.63) is 71.8 Å². The predicted octanol–water partition coefficient (Wildman–Crippen LogP) is 7.88. The maximum Gasteiger partial charge on any atom is 0.230 e. The van der Waals surface area contributed by atoms with Crippen molar-refractivity contribution in [2.24, 2.45) is 16.7 Å². The number of aldehydes is 1. The van der Waals surface area contributed by atoms with Crippen LogP contribution >= 0.6 is 0 Å². The van der Waals surface area contributed by atoms with Gasteiger partial charge in [0, 0.05) is 36.9 Å². The Bertz CT molecular complexity index is 1440. The Morgan fingerprint density at radius 3 is 1.88 bits per heavy atom. The van der Waals surface area contributed by atoms with E-state index in [4.69, 9.17) is 13.9 Å². The van der Waals surface area contributed by atoms with Gasteiger partial charge in [0.2, 0.25) is 11.8 Å². The number of benzene rings is 2. The smallest absolute Gasteiger partial charge is 0.230 e. The van der Waals surface area contributed by atoms with Gasteiger partial charge in [0.1, 0.15) is 24.8 Å². The Balaban J connectivity index is 1.82. The van der Waals surface area contributed by atoms with Crippen LogP contribution in [0.25, 0.3) is 0 Å². The minimum Gasteiger partial charge on any atom is -0.417 e. The van der Waals surface area contributed by atoms with Crippen LogP contribution in [0, 0.1) is 16.7 Å². The van der Waals surface area contributed by atoms with Gasteiger partial charge < -0.3 is 28.5 Å². The van der Waals surface area contributed by atoms with E-state index in [0.717, 1.165) is 17.4 Å². The fraction of sp³-hybridized carbons (Fsp3) is 0.625. The lowest BCUT2D eigenvalue weighted by Gasteiger charge is -2.54. The third-order valence-electron chi connectivity index (χ3n) is 10.8. The van der Waals surface area contributed by atoms with Crippen molar-refractivity contribution >= 4 is 26.4 Å².